The molecule has 1 N–H and O–H groups in total. The fourth-order valence-electron chi connectivity index (χ4n) is 1.40. The van der Waals surface area contributed by atoms with E-state index in [1.165, 1.54) is 18.2 Å². The Morgan fingerprint density at radius 1 is 1.36 bits per heavy atom. The summed E-state index contributed by atoms with van der Waals surface area (Å²) in [4.78, 5) is 14.6. The highest BCUT2D eigenvalue weighted by molar-refractivity contribution is 14.1. The standard InChI is InChI=1S/C10H7FINO/c1-5-2-9(14)7-3-6(11)4-8(12)10(7)13-5/h2-4H,1H3,(H,13,14). The molecule has 0 bridgehead atoms. The molecule has 72 valence electrons. The number of benzene rings is 1. The Kier molecular flexibility index (Phi) is 2.30. The summed E-state index contributed by atoms with van der Waals surface area (Å²) in [6, 6.07) is 4.13. The molecule has 0 unspecified atom stereocenters. The lowest BCUT2D eigenvalue weighted by Crippen LogP contribution is -2.04. The summed E-state index contributed by atoms with van der Waals surface area (Å²) in [7, 11) is 0. The summed E-state index contributed by atoms with van der Waals surface area (Å²) in [5.41, 5.74) is 1.35. The lowest BCUT2D eigenvalue weighted by molar-refractivity contribution is 0.628. The van der Waals surface area contributed by atoms with E-state index in [1.807, 2.05) is 22.6 Å². The maximum absolute atomic E-state index is 13.0. The van der Waals surface area contributed by atoms with Gasteiger partial charge in [-0.25, -0.2) is 4.39 Å². The van der Waals surface area contributed by atoms with Gasteiger partial charge in [0, 0.05) is 20.7 Å². The molecule has 2 rings (SSSR count). The zero-order valence-electron chi connectivity index (χ0n) is 7.40. The molecule has 1 heterocycles. The highest BCUT2D eigenvalue weighted by Gasteiger charge is 2.05. The van der Waals surface area contributed by atoms with Crippen LogP contribution in [0.2, 0.25) is 0 Å². The van der Waals surface area contributed by atoms with Crippen molar-refractivity contribution in [2.24, 2.45) is 0 Å². The van der Waals surface area contributed by atoms with Gasteiger partial charge in [-0.1, -0.05) is 0 Å². The van der Waals surface area contributed by atoms with Crippen molar-refractivity contribution in [2.75, 3.05) is 0 Å². The third-order valence-corrected chi connectivity index (χ3v) is 2.84. The summed E-state index contributed by atoms with van der Waals surface area (Å²) in [5.74, 6) is -0.378. The van der Waals surface area contributed by atoms with Gasteiger partial charge in [-0.05, 0) is 41.6 Å². The minimum absolute atomic E-state index is 0.145. The molecule has 0 aliphatic rings. The fraction of sp³-hybridized carbons (Fsp3) is 0.100. The molecular formula is C10H7FINO. The van der Waals surface area contributed by atoms with Crippen LogP contribution in [-0.4, -0.2) is 4.98 Å². The molecule has 0 radical (unpaired) electrons. The molecule has 1 aromatic carbocycles. The molecule has 0 fully saturated rings. The van der Waals surface area contributed by atoms with Gasteiger partial charge in [-0.3, -0.25) is 4.79 Å². The summed E-state index contributed by atoms with van der Waals surface area (Å²) >= 11 is 2.01. The van der Waals surface area contributed by atoms with Crippen LogP contribution in [0.1, 0.15) is 5.69 Å². The minimum atomic E-state index is -0.378. The number of aromatic amines is 1. The van der Waals surface area contributed by atoms with Crippen molar-refractivity contribution in [3.05, 3.63) is 43.5 Å². The van der Waals surface area contributed by atoms with Gasteiger partial charge in [0.15, 0.2) is 5.43 Å². The van der Waals surface area contributed by atoms with Crippen LogP contribution in [0.5, 0.6) is 0 Å². The summed E-state index contributed by atoms with van der Waals surface area (Å²) in [5, 5.41) is 0.403. The lowest BCUT2D eigenvalue weighted by atomic mass is 10.2. The van der Waals surface area contributed by atoms with Crippen LogP contribution in [-0.2, 0) is 0 Å². The van der Waals surface area contributed by atoms with Gasteiger partial charge in [-0.2, -0.15) is 0 Å². The summed E-state index contributed by atoms with van der Waals surface area (Å²) < 4.78 is 13.7. The molecule has 1 aromatic heterocycles. The van der Waals surface area contributed by atoms with Gasteiger partial charge in [-0.15, -0.1) is 0 Å². The van der Waals surface area contributed by atoms with Gasteiger partial charge >= 0.3 is 0 Å². The molecule has 0 amide bonds. The predicted octanol–water partition coefficient (Wildman–Crippen LogP) is 2.58. The number of hydrogen-bond acceptors (Lipinski definition) is 1. The molecule has 0 aliphatic carbocycles. The van der Waals surface area contributed by atoms with E-state index in [0.29, 0.717) is 10.9 Å². The Bertz CT molecular complexity index is 562. The molecule has 0 saturated carbocycles. The number of fused-ring (bicyclic) bond motifs is 1. The van der Waals surface area contributed by atoms with Gasteiger partial charge in [0.25, 0.3) is 0 Å². The number of hydrogen-bond donors (Lipinski definition) is 1. The normalized spacial score (nSPS) is 10.8. The third kappa shape index (κ3) is 1.54. The Morgan fingerprint density at radius 2 is 2.07 bits per heavy atom. The van der Waals surface area contributed by atoms with E-state index in [1.54, 1.807) is 6.92 Å². The molecule has 0 spiro atoms. The third-order valence-electron chi connectivity index (χ3n) is 1.99. The molecule has 0 saturated heterocycles. The summed E-state index contributed by atoms with van der Waals surface area (Å²) in [6.07, 6.45) is 0. The quantitative estimate of drug-likeness (QED) is 0.746. The first kappa shape index (κ1) is 9.64. The van der Waals surface area contributed by atoms with Gasteiger partial charge in [0.05, 0.1) is 5.52 Å². The molecule has 0 atom stereocenters. The van der Waals surface area contributed by atoms with E-state index < -0.39 is 0 Å². The number of aromatic nitrogens is 1. The first-order chi connectivity index (χ1) is 6.58. The second-order valence-electron chi connectivity index (χ2n) is 3.13. The fourth-order valence-corrected chi connectivity index (χ4v) is 2.13. The second-order valence-corrected chi connectivity index (χ2v) is 4.29. The first-order valence-electron chi connectivity index (χ1n) is 4.06. The molecule has 2 aromatic rings. The second kappa shape index (κ2) is 3.34. The largest absolute Gasteiger partial charge is 0.358 e. The van der Waals surface area contributed by atoms with Crippen molar-refractivity contribution >= 4 is 33.5 Å². The van der Waals surface area contributed by atoms with Crippen LogP contribution in [0.3, 0.4) is 0 Å². The number of rotatable bonds is 0. The lowest BCUT2D eigenvalue weighted by Gasteiger charge is -2.02. The van der Waals surface area contributed by atoms with Crippen LogP contribution in [0.4, 0.5) is 4.39 Å². The highest BCUT2D eigenvalue weighted by atomic mass is 127. The molecule has 14 heavy (non-hydrogen) atoms. The van der Waals surface area contributed by atoms with Crippen LogP contribution >= 0.6 is 22.6 Å². The van der Waals surface area contributed by atoms with Crippen molar-refractivity contribution in [3.63, 3.8) is 0 Å². The number of pyridine rings is 1. The van der Waals surface area contributed by atoms with E-state index in [-0.39, 0.29) is 11.2 Å². The Labute approximate surface area is 93.3 Å². The first-order valence-corrected chi connectivity index (χ1v) is 5.14. The predicted molar refractivity (Wildman–Crippen MR) is 62.0 cm³/mol. The smallest absolute Gasteiger partial charge is 0.189 e. The molecule has 4 heteroatoms. The summed E-state index contributed by atoms with van der Waals surface area (Å²) in [6.45, 7) is 1.81. The van der Waals surface area contributed by atoms with Crippen LogP contribution in [0, 0.1) is 16.3 Å². The topological polar surface area (TPSA) is 32.9 Å². The molecule has 2 nitrogen and oxygen atoms in total. The zero-order valence-corrected chi connectivity index (χ0v) is 9.55. The van der Waals surface area contributed by atoms with Gasteiger partial charge in [0.2, 0.25) is 0 Å². The highest BCUT2D eigenvalue weighted by Crippen LogP contribution is 2.18. The van der Waals surface area contributed by atoms with Gasteiger partial charge < -0.3 is 4.98 Å². The minimum Gasteiger partial charge on any atom is -0.358 e. The average molecular weight is 303 g/mol. The maximum Gasteiger partial charge on any atom is 0.189 e. The Balaban J connectivity index is 3.02. The molecular weight excluding hydrogens is 296 g/mol. The van der Waals surface area contributed by atoms with Crippen molar-refractivity contribution in [1.29, 1.82) is 0 Å². The number of aryl methyl sites for hydroxylation is 1. The van der Waals surface area contributed by atoms with Crippen LogP contribution < -0.4 is 5.43 Å². The number of halogens is 2. The van der Waals surface area contributed by atoms with Crippen molar-refractivity contribution in [1.82, 2.24) is 4.98 Å². The Hall–Kier alpha value is -0.910. The molecule has 0 aliphatic heterocycles. The van der Waals surface area contributed by atoms with Crippen molar-refractivity contribution in [3.8, 4) is 0 Å². The van der Waals surface area contributed by atoms with Crippen LogP contribution in [0.25, 0.3) is 10.9 Å². The average Bonchev–Trinajstić information content (AvgIpc) is 2.07. The van der Waals surface area contributed by atoms with Crippen molar-refractivity contribution in [2.45, 2.75) is 6.92 Å². The number of H-pyrrole nitrogens is 1. The Morgan fingerprint density at radius 3 is 2.79 bits per heavy atom. The van der Waals surface area contributed by atoms with E-state index in [4.69, 9.17) is 0 Å². The van der Waals surface area contributed by atoms with E-state index in [0.717, 1.165) is 9.26 Å². The van der Waals surface area contributed by atoms with E-state index in [9.17, 15) is 9.18 Å². The van der Waals surface area contributed by atoms with Crippen molar-refractivity contribution < 1.29 is 4.39 Å². The van der Waals surface area contributed by atoms with Crippen LogP contribution in [0.15, 0.2) is 23.0 Å². The van der Waals surface area contributed by atoms with E-state index >= 15 is 0 Å². The zero-order chi connectivity index (χ0) is 10.3. The number of nitrogens with one attached hydrogen (secondary N) is 1. The maximum atomic E-state index is 13.0. The SMILES string of the molecule is Cc1cc(=O)c2cc(F)cc(I)c2[nH]1. The monoisotopic (exact) mass is 303 g/mol. The van der Waals surface area contributed by atoms with E-state index in [2.05, 4.69) is 4.98 Å². The van der Waals surface area contributed by atoms with Gasteiger partial charge in [0.1, 0.15) is 5.82 Å².